The standard InChI is InChI=1S/C16H24N4O4/c1-2-24-16(22)19-12-14-11-13(3-4-17-14)15(21)18-5-6-20-7-9-23-10-8-20/h3-4,11H,2,5-10,12H2,1H3,(H,18,21)(H,19,22). The van der Waals surface area contributed by atoms with Crippen LogP contribution in [0.25, 0.3) is 0 Å². The zero-order valence-corrected chi connectivity index (χ0v) is 13.9. The Hall–Kier alpha value is -2.19. The second-order valence-corrected chi connectivity index (χ2v) is 5.32. The van der Waals surface area contributed by atoms with Crippen LogP contribution in [0.1, 0.15) is 23.0 Å². The lowest BCUT2D eigenvalue weighted by Crippen LogP contribution is -2.41. The minimum absolute atomic E-state index is 0.150. The van der Waals surface area contributed by atoms with Crippen LogP contribution in [-0.4, -0.2) is 67.9 Å². The normalized spacial score (nSPS) is 14.9. The summed E-state index contributed by atoms with van der Waals surface area (Å²) in [6.45, 7) is 6.93. The number of nitrogens with one attached hydrogen (secondary N) is 2. The molecule has 2 N–H and O–H groups in total. The molecular weight excluding hydrogens is 312 g/mol. The molecule has 0 spiro atoms. The Morgan fingerprint density at radius 2 is 2.12 bits per heavy atom. The Morgan fingerprint density at radius 1 is 1.33 bits per heavy atom. The molecule has 0 aliphatic carbocycles. The molecule has 2 amide bonds. The molecule has 1 aromatic heterocycles. The monoisotopic (exact) mass is 336 g/mol. The van der Waals surface area contributed by atoms with Gasteiger partial charge in [0.25, 0.3) is 5.91 Å². The first-order valence-corrected chi connectivity index (χ1v) is 8.13. The van der Waals surface area contributed by atoms with Gasteiger partial charge in [0.1, 0.15) is 0 Å². The fourth-order valence-corrected chi connectivity index (χ4v) is 2.32. The van der Waals surface area contributed by atoms with Gasteiger partial charge in [-0.1, -0.05) is 0 Å². The Labute approximate surface area is 141 Å². The number of amides is 2. The van der Waals surface area contributed by atoms with Crippen LogP contribution < -0.4 is 10.6 Å². The fraction of sp³-hybridized carbons (Fsp3) is 0.562. The number of carbonyl (C=O) groups is 2. The maximum atomic E-state index is 12.2. The summed E-state index contributed by atoms with van der Waals surface area (Å²) in [6, 6.07) is 3.31. The van der Waals surface area contributed by atoms with Gasteiger partial charge in [-0.25, -0.2) is 4.79 Å². The molecule has 8 heteroatoms. The Balaban J connectivity index is 1.76. The third kappa shape index (κ3) is 6.13. The molecule has 1 fully saturated rings. The van der Waals surface area contributed by atoms with Crippen molar-refractivity contribution in [3.63, 3.8) is 0 Å². The molecule has 8 nitrogen and oxygen atoms in total. The molecule has 0 atom stereocenters. The second-order valence-electron chi connectivity index (χ2n) is 5.32. The van der Waals surface area contributed by atoms with Gasteiger partial charge in [0.15, 0.2) is 0 Å². The molecule has 0 saturated carbocycles. The largest absolute Gasteiger partial charge is 0.450 e. The van der Waals surface area contributed by atoms with E-state index in [0.717, 1.165) is 32.8 Å². The van der Waals surface area contributed by atoms with Crippen molar-refractivity contribution >= 4 is 12.0 Å². The zero-order valence-electron chi connectivity index (χ0n) is 13.9. The summed E-state index contributed by atoms with van der Waals surface area (Å²) in [6.07, 6.45) is 1.05. The highest BCUT2D eigenvalue weighted by Gasteiger charge is 2.11. The van der Waals surface area contributed by atoms with Crippen molar-refractivity contribution in [2.45, 2.75) is 13.5 Å². The van der Waals surface area contributed by atoms with E-state index < -0.39 is 6.09 Å². The smallest absolute Gasteiger partial charge is 0.407 e. The van der Waals surface area contributed by atoms with Gasteiger partial charge in [0, 0.05) is 37.9 Å². The SMILES string of the molecule is CCOC(=O)NCc1cc(C(=O)NCCN2CCOCC2)ccn1. The van der Waals surface area contributed by atoms with Crippen LogP contribution >= 0.6 is 0 Å². The Kier molecular flexibility index (Phi) is 7.44. The highest BCUT2D eigenvalue weighted by atomic mass is 16.5. The lowest BCUT2D eigenvalue weighted by atomic mass is 10.2. The summed E-state index contributed by atoms with van der Waals surface area (Å²) >= 11 is 0. The number of hydrogen-bond donors (Lipinski definition) is 2. The van der Waals surface area contributed by atoms with Crippen LogP contribution in [0.15, 0.2) is 18.3 Å². The molecule has 132 valence electrons. The summed E-state index contributed by atoms with van der Waals surface area (Å²) in [4.78, 5) is 29.8. The van der Waals surface area contributed by atoms with E-state index in [9.17, 15) is 9.59 Å². The van der Waals surface area contributed by atoms with Crippen molar-refractivity contribution < 1.29 is 19.1 Å². The molecule has 2 rings (SSSR count). The van der Waals surface area contributed by atoms with E-state index >= 15 is 0 Å². The van der Waals surface area contributed by atoms with E-state index in [0.29, 0.717) is 24.4 Å². The predicted octanol–water partition coefficient (Wildman–Crippen LogP) is 0.390. The number of aromatic nitrogens is 1. The number of rotatable bonds is 7. The average Bonchev–Trinajstić information content (AvgIpc) is 2.61. The van der Waals surface area contributed by atoms with Gasteiger partial charge >= 0.3 is 6.09 Å². The third-order valence-electron chi connectivity index (χ3n) is 3.59. The summed E-state index contributed by atoms with van der Waals surface area (Å²) in [5.41, 5.74) is 1.12. The summed E-state index contributed by atoms with van der Waals surface area (Å²) in [7, 11) is 0. The van der Waals surface area contributed by atoms with Gasteiger partial charge in [-0.3, -0.25) is 14.7 Å². The fourth-order valence-electron chi connectivity index (χ4n) is 2.32. The summed E-state index contributed by atoms with van der Waals surface area (Å²) in [5, 5.41) is 5.48. The maximum Gasteiger partial charge on any atom is 0.407 e. The van der Waals surface area contributed by atoms with Crippen molar-refractivity contribution in [2.24, 2.45) is 0 Å². The van der Waals surface area contributed by atoms with Crippen LogP contribution in [0, 0.1) is 0 Å². The van der Waals surface area contributed by atoms with Gasteiger partial charge < -0.3 is 20.1 Å². The third-order valence-corrected chi connectivity index (χ3v) is 3.59. The molecule has 2 heterocycles. The minimum atomic E-state index is -0.500. The molecule has 0 unspecified atom stereocenters. The number of carbonyl (C=O) groups excluding carboxylic acids is 2. The van der Waals surface area contributed by atoms with Crippen LogP contribution in [0.2, 0.25) is 0 Å². The van der Waals surface area contributed by atoms with Crippen LogP contribution in [0.4, 0.5) is 4.79 Å². The molecule has 24 heavy (non-hydrogen) atoms. The van der Waals surface area contributed by atoms with Crippen molar-refractivity contribution in [3.05, 3.63) is 29.6 Å². The van der Waals surface area contributed by atoms with Gasteiger partial charge in [-0.05, 0) is 19.1 Å². The number of pyridine rings is 1. The average molecular weight is 336 g/mol. The van der Waals surface area contributed by atoms with Gasteiger partial charge in [0.05, 0.1) is 32.1 Å². The van der Waals surface area contributed by atoms with E-state index in [1.807, 2.05) is 0 Å². The van der Waals surface area contributed by atoms with Gasteiger partial charge in [-0.15, -0.1) is 0 Å². The van der Waals surface area contributed by atoms with Crippen LogP contribution in [-0.2, 0) is 16.0 Å². The first-order chi connectivity index (χ1) is 11.7. The number of hydrogen-bond acceptors (Lipinski definition) is 6. The van der Waals surface area contributed by atoms with Crippen LogP contribution in [0.3, 0.4) is 0 Å². The lowest BCUT2D eigenvalue weighted by Gasteiger charge is -2.26. The molecule has 1 aliphatic heterocycles. The van der Waals surface area contributed by atoms with E-state index in [2.05, 4.69) is 20.5 Å². The topological polar surface area (TPSA) is 92.8 Å². The van der Waals surface area contributed by atoms with Crippen LogP contribution in [0.5, 0.6) is 0 Å². The van der Waals surface area contributed by atoms with E-state index in [1.54, 1.807) is 25.3 Å². The molecule has 0 bridgehead atoms. The molecule has 1 aliphatic rings. The molecule has 0 aromatic carbocycles. The van der Waals surface area contributed by atoms with E-state index in [4.69, 9.17) is 9.47 Å². The van der Waals surface area contributed by atoms with Crippen molar-refractivity contribution in [1.29, 1.82) is 0 Å². The first-order valence-electron chi connectivity index (χ1n) is 8.13. The molecule has 1 saturated heterocycles. The summed E-state index contributed by atoms with van der Waals surface area (Å²) < 4.78 is 10.1. The number of alkyl carbamates (subject to hydrolysis) is 1. The van der Waals surface area contributed by atoms with E-state index in [-0.39, 0.29) is 12.5 Å². The maximum absolute atomic E-state index is 12.2. The zero-order chi connectivity index (χ0) is 17.2. The van der Waals surface area contributed by atoms with E-state index in [1.165, 1.54) is 0 Å². The minimum Gasteiger partial charge on any atom is -0.450 e. The number of morpholine rings is 1. The van der Waals surface area contributed by atoms with Gasteiger partial charge in [0.2, 0.25) is 0 Å². The molecule has 1 aromatic rings. The predicted molar refractivity (Wildman–Crippen MR) is 87.7 cm³/mol. The number of ether oxygens (including phenoxy) is 2. The Bertz CT molecular complexity index is 547. The highest BCUT2D eigenvalue weighted by molar-refractivity contribution is 5.94. The molecular formula is C16H24N4O4. The molecule has 0 radical (unpaired) electrons. The first kappa shape index (κ1) is 18.2. The Morgan fingerprint density at radius 3 is 2.88 bits per heavy atom. The number of nitrogens with zero attached hydrogens (tertiary/aromatic N) is 2. The highest BCUT2D eigenvalue weighted by Crippen LogP contribution is 2.02. The quantitative estimate of drug-likeness (QED) is 0.748. The van der Waals surface area contributed by atoms with Crippen molar-refractivity contribution in [1.82, 2.24) is 20.5 Å². The second kappa shape index (κ2) is 9.84. The van der Waals surface area contributed by atoms with Crippen molar-refractivity contribution in [3.8, 4) is 0 Å². The van der Waals surface area contributed by atoms with Gasteiger partial charge in [-0.2, -0.15) is 0 Å². The van der Waals surface area contributed by atoms with Crippen molar-refractivity contribution in [2.75, 3.05) is 46.0 Å². The lowest BCUT2D eigenvalue weighted by molar-refractivity contribution is 0.0383. The summed E-state index contributed by atoms with van der Waals surface area (Å²) in [5.74, 6) is -0.150.